The van der Waals surface area contributed by atoms with Gasteiger partial charge in [-0.3, -0.25) is 0 Å². The van der Waals surface area contributed by atoms with Gasteiger partial charge < -0.3 is 0 Å². The van der Waals surface area contributed by atoms with E-state index < -0.39 is 7.08 Å². The molecule has 132 valence electrons. The molecule has 0 aromatic heterocycles. The maximum absolute atomic E-state index is 5.24. The van der Waals surface area contributed by atoms with Crippen LogP contribution in [0.1, 0.15) is 46.0 Å². The van der Waals surface area contributed by atoms with E-state index in [9.17, 15) is 0 Å². The molecule has 4 atom stereocenters. The van der Waals surface area contributed by atoms with Crippen LogP contribution in [-0.2, 0) is 8.37 Å². The molecule has 3 fully saturated rings. The van der Waals surface area contributed by atoms with Crippen molar-refractivity contribution >= 4 is 59.2 Å². The fraction of sp³-hybridized carbons (Fsp3) is 1.00. The SMILES string of the molecule is CC(CC1C[Se]23(CCCCC2)(CC(CC(C)OS)[Se]3)[Se]1)OS. The molecule has 3 aliphatic heterocycles. The average Bonchev–Trinajstić information content (AvgIpc) is 2.45. The second-order valence-electron chi connectivity index (χ2n) is 7.78. The number of hydrogen-bond donors (Lipinski definition) is 2. The van der Waals surface area contributed by atoms with Crippen LogP contribution in [0.5, 0.6) is 0 Å². The summed E-state index contributed by atoms with van der Waals surface area (Å²) in [5.74, 6) is 0. The van der Waals surface area contributed by atoms with Crippen molar-refractivity contribution in [2.24, 2.45) is 0 Å². The first kappa shape index (κ1) is 19.0. The van der Waals surface area contributed by atoms with Crippen LogP contribution in [0.4, 0.5) is 0 Å². The van der Waals surface area contributed by atoms with Crippen molar-refractivity contribution in [3.8, 4) is 0 Å². The summed E-state index contributed by atoms with van der Waals surface area (Å²) in [6.45, 7) is 4.37. The second kappa shape index (κ2) is 6.41. The Bertz CT molecular complexity index is 385. The van der Waals surface area contributed by atoms with Gasteiger partial charge in [0.15, 0.2) is 0 Å². The molecule has 0 bridgehead atoms. The Kier molecular flexibility index (Phi) is 5.52. The maximum atomic E-state index is 5.24. The quantitative estimate of drug-likeness (QED) is 0.285. The van der Waals surface area contributed by atoms with E-state index in [1.165, 1.54) is 19.3 Å². The second-order valence-corrected chi connectivity index (χ2v) is 58.2. The molecular weight excluding hydrogens is 513 g/mol. The Morgan fingerprint density at radius 3 is 1.68 bits per heavy atom. The van der Waals surface area contributed by atoms with Crippen LogP contribution in [0.3, 0.4) is 0 Å². The molecule has 1 spiro atoms. The molecule has 0 amide bonds. The van der Waals surface area contributed by atoms with Gasteiger partial charge in [0.1, 0.15) is 0 Å². The van der Waals surface area contributed by atoms with E-state index in [4.69, 9.17) is 8.37 Å². The average molecular weight is 543 g/mol. The zero-order chi connectivity index (χ0) is 15.9. The first-order valence-electron chi connectivity index (χ1n) is 8.40. The molecule has 7 heteroatoms. The van der Waals surface area contributed by atoms with Gasteiger partial charge in [0.2, 0.25) is 0 Å². The van der Waals surface area contributed by atoms with Crippen LogP contribution in [0.15, 0.2) is 0 Å². The topological polar surface area (TPSA) is 18.5 Å². The van der Waals surface area contributed by atoms with Crippen LogP contribution in [0.25, 0.3) is 0 Å². The minimum atomic E-state index is -2.18. The van der Waals surface area contributed by atoms with Gasteiger partial charge in [-0.2, -0.15) is 0 Å². The van der Waals surface area contributed by atoms with Crippen molar-refractivity contribution in [1.82, 2.24) is 0 Å². The summed E-state index contributed by atoms with van der Waals surface area (Å²) in [7, 11) is -2.18. The first-order chi connectivity index (χ1) is 10.4. The number of thiol groups is 2. The molecule has 3 rings (SSSR count). The van der Waals surface area contributed by atoms with Crippen LogP contribution < -0.4 is 0 Å². The molecule has 4 unspecified atom stereocenters. The molecule has 3 heterocycles. The number of rotatable bonds is 6. The van der Waals surface area contributed by atoms with Crippen LogP contribution in [-0.4, -0.2) is 45.6 Å². The predicted octanol–water partition coefficient (Wildman–Crippen LogP) is 4.81. The molecule has 0 aromatic carbocycles. The summed E-state index contributed by atoms with van der Waals surface area (Å²) in [5.41, 5.74) is 0. The molecule has 3 aliphatic rings. The third-order valence-corrected chi connectivity index (χ3v) is 67.6. The van der Waals surface area contributed by atoms with Crippen molar-refractivity contribution < 1.29 is 8.37 Å². The summed E-state index contributed by atoms with van der Waals surface area (Å²) in [6, 6.07) is 0. The van der Waals surface area contributed by atoms with E-state index in [0.717, 1.165) is 35.9 Å². The third kappa shape index (κ3) is 3.15. The molecule has 22 heavy (non-hydrogen) atoms. The molecule has 0 N–H and O–H groups in total. The monoisotopic (exact) mass is 546 g/mol. The van der Waals surface area contributed by atoms with Crippen molar-refractivity contribution in [3.05, 3.63) is 0 Å². The van der Waals surface area contributed by atoms with E-state index in [2.05, 4.69) is 39.7 Å². The van der Waals surface area contributed by atoms with Crippen LogP contribution in [0, 0.1) is 0 Å². The Labute approximate surface area is 155 Å². The summed E-state index contributed by atoms with van der Waals surface area (Å²) in [4.78, 5) is 2.01. The molecular formula is C15H30O2S2Se3. The van der Waals surface area contributed by atoms with Crippen molar-refractivity contribution in [2.75, 3.05) is 0 Å². The van der Waals surface area contributed by atoms with Gasteiger partial charge in [-0.1, -0.05) is 0 Å². The fourth-order valence-corrected chi connectivity index (χ4v) is 89.7. The molecule has 2 nitrogen and oxygen atoms in total. The van der Waals surface area contributed by atoms with E-state index in [1.807, 2.05) is 0 Å². The fourth-order valence-electron chi connectivity index (χ4n) is 5.02. The van der Waals surface area contributed by atoms with Crippen molar-refractivity contribution in [3.63, 3.8) is 0 Å². The molecule has 0 aromatic rings. The van der Waals surface area contributed by atoms with E-state index in [-0.39, 0.29) is 0 Å². The standard InChI is InChI=1S/C15H30O2S2Se3/c1-12(16-18)8-14-10-22(20-14,6-4-3-5-7-22)11-15(21-22)9-13(2)17-19/h12-15,18-19H,3-11H2,1-2H3. The normalized spacial score (nSPS) is 40.4. The van der Waals surface area contributed by atoms with Crippen molar-refractivity contribution in [1.29, 1.82) is 0 Å². The first-order valence-corrected chi connectivity index (χ1v) is 24.6. The van der Waals surface area contributed by atoms with Gasteiger partial charge in [0.25, 0.3) is 0 Å². The number of hydrogen-bond acceptors (Lipinski definition) is 4. The summed E-state index contributed by atoms with van der Waals surface area (Å²) in [6.07, 6.45) is 7.81. The van der Waals surface area contributed by atoms with E-state index in [0.29, 0.717) is 12.2 Å². The van der Waals surface area contributed by atoms with Gasteiger partial charge in [-0.15, -0.1) is 0 Å². The third-order valence-electron chi connectivity index (χ3n) is 5.78. The minimum absolute atomic E-state index is 0.337. The van der Waals surface area contributed by atoms with Crippen LogP contribution in [0.2, 0.25) is 30.9 Å². The van der Waals surface area contributed by atoms with Gasteiger partial charge in [0, 0.05) is 0 Å². The van der Waals surface area contributed by atoms with Gasteiger partial charge in [-0.05, 0) is 0 Å². The predicted molar refractivity (Wildman–Crippen MR) is 106 cm³/mol. The summed E-state index contributed by atoms with van der Waals surface area (Å²) < 4.78 is 10.5. The molecule has 0 radical (unpaired) electrons. The Balaban J connectivity index is 1.67. The van der Waals surface area contributed by atoms with Gasteiger partial charge in [0.05, 0.1) is 0 Å². The van der Waals surface area contributed by atoms with E-state index in [1.54, 1.807) is 34.1 Å². The Morgan fingerprint density at radius 1 is 0.909 bits per heavy atom. The van der Waals surface area contributed by atoms with Crippen LogP contribution >= 0.6 is 25.8 Å². The molecule has 0 saturated carbocycles. The van der Waals surface area contributed by atoms with Gasteiger partial charge >= 0.3 is 157 Å². The van der Waals surface area contributed by atoms with Gasteiger partial charge in [-0.25, -0.2) is 0 Å². The molecule has 3 saturated heterocycles. The summed E-state index contributed by atoms with van der Waals surface area (Å²) >= 11 is 9.97. The zero-order valence-corrected chi connectivity index (χ0v) is 20.5. The molecule has 0 aliphatic carbocycles. The van der Waals surface area contributed by atoms with E-state index >= 15 is 0 Å². The summed E-state index contributed by atoms with van der Waals surface area (Å²) in [5, 5.41) is 6.74. The van der Waals surface area contributed by atoms with Crippen molar-refractivity contribution in [2.45, 2.75) is 89.1 Å². The zero-order valence-electron chi connectivity index (χ0n) is 13.6. The Hall–Kier alpha value is 2.18. The Morgan fingerprint density at radius 2 is 1.32 bits per heavy atom.